The van der Waals surface area contributed by atoms with Crippen LogP contribution < -0.4 is 24.8 Å². The van der Waals surface area contributed by atoms with E-state index in [4.69, 9.17) is 0 Å². The van der Waals surface area contributed by atoms with Crippen molar-refractivity contribution >= 4 is 0 Å². The van der Waals surface area contributed by atoms with Crippen LogP contribution in [0.4, 0.5) is 0 Å². The molecule has 209 valence electrons. The van der Waals surface area contributed by atoms with Crippen LogP contribution in [-0.4, -0.2) is 0 Å². The van der Waals surface area contributed by atoms with Crippen LogP contribution in [0.1, 0.15) is 121 Å². The predicted octanol–water partition coefficient (Wildman–Crippen LogP) is 4.44. The Morgan fingerprint density at radius 3 is 1.54 bits per heavy atom. The van der Waals surface area contributed by atoms with Gasteiger partial charge in [0.2, 0.25) is 0 Å². The standard InChI is InChI=1S/C36H47.2ClH.Zr/c1-21-15-27-25(19-29(21)34(6,7)8)26-20-30(35(9,10)11)22(2)16-28(26)32(27)36(12)14-13-23-17-24(18-31(23)36)33(3,4)5;;;/h13,15-16,18-20,32H,14,17H2,1-12H3;2*1H;/q;;;+2/p-2. The molecule has 0 spiro atoms. The van der Waals surface area contributed by atoms with Gasteiger partial charge in [0, 0.05) is 0 Å². The predicted molar refractivity (Wildman–Crippen MR) is 156 cm³/mol. The SMILES string of the molecule is Cc1cc2c(cc1C(C)(C)C)-c1cc(C(C)(C)C)c(C)cc1C2C1(C)C[CH]([Zr+2])C2=C1C=C(C(C)(C)C)C2.[Cl-].[Cl-]. The van der Waals surface area contributed by atoms with Crippen LogP contribution in [0.25, 0.3) is 11.1 Å². The molecular formula is C36H47Cl2Zr. The fourth-order valence-electron chi connectivity index (χ4n) is 7.75. The summed E-state index contributed by atoms with van der Waals surface area (Å²) in [6, 6.07) is 10.3. The summed E-state index contributed by atoms with van der Waals surface area (Å²) in [6.45, 7) is 28.7. The molecule has 39 heavy (non-hydrogen) atoms. The van der Waals surface area contributed by atoms with Crippen molar-refractivity contribution in [2.75, 3.05) is 0 Å². The van der Waals surface area contributed by atoms with Gasteiger partial charge in [0.1, 0.15) is 0 Å². The van der Waals surface area contributed by atoms with Gasteiger partial charge in [-0.1, -0.05) is 0 Å². The zero-order chi connectivity index (χ0) is 27.5. The van der Waals surface area contributed by atoms with E-state index in [1.165, 1.54) is 46.2 Å². The summed E-state index contributed by atoms with van der Waals surface area (Å²) in [7, 11) is 0. The van der Waals surface area contributed by atoms with Gasteiger partial charge in [-0.2, -0.15) is 0 Å². The van der Waals surface area contributed by atoms with E-state index < -0.39 is 0 Å². The minimum Gasteiger partial charge on any atom is -1.00 e. The van der Waals surface area contributed by atoms with Crippen LogP contribution in [0, 0.1) is 24.7 Å². The maximum absolute atomic E-state index is 2.64. The monoisotopic (exact) mass is 639 g/mol. The smallest absolute Gasteiger partial charge is 1.00 e. The minimum absolute atomic E-state index is 0. The topological polar surface area (TPSA) is 0 Å². The first-order valence-corrected chi connectivity index (χ1v) is 15.7. The van der Waals surface area contributed by atoms with Crippen molar-refractivity contribution in [3.63, 3.8) is 0 Å². The van der Waals surface area contributed by atoms with Crippen molar-refractivity contribution in [3.05, 3.63) is 80.4 Å². The second-order valence-electron chi connectivity index (χ2n) is 15.7. The zero-order valence-electron chi connectivity index (χ0n) is 26.2. The van der Waals surface area contributed by atoms with Crippen LogP contribution in [0.5, 0.6) is 0 Å². The molecule has 5 rings (SSSR count). The first kappa shape index (κ1) is 32.9. The van der Waals surface area contributed by atoms with Gasteiger partial charge < -0.3 is 24.8 Å². The van der Waals surface area contributed by atoms with Crippen molar-refractivity contribution < 1.29 is 49.5 Å². The molecule has 2 unspecified atom stereocenters. The number of hydrogen-bond donors (Lipinski definition) is 0. The van der Waals surface area contributed by atoms with E-state index in [2.05, 4.69) is 113 Å². The quantitative estimate of drug-likeness (QED) is 0.433. The van der Waals surface area contributed by atoms with Crippen molar-refractivity contribution in [1.29, 1.82) is 0 Å². The third-order valence-corrected chi connectivity index (χ3v) is 11.0. The van der Waals surface area contributed by atoms with Crippen molar-refractivity contribution in [2.45, 2.75) is 116 Å². The third-order valence-electron chi connectivity index (χ3n) is 9.63. The summed E-state index contributed by atoms with van der Waals surface area (Å²) < 4.78 is 0.737. The molecule has 2 aromatic rings. The summed E-state index contributed by atoms with van der Waals surface area (Å²) in [5, 5.41) is 0. The van der Waals surface area contributed by atoms with Gasteiger partial charge in [0.15, 0.2) is 0 Å². The average Bonchev–Trinajstić information content (AvgIpc) is 3.36. The molecule has 0 saturated carbocycles. The van der Waals surface area contributed by atoms with Crippen LogP contribution in [0.2, 0.25) is 3.63 Å². The molecular weight excluding hydrogens is 595 g/mol. The number of hydrogen-bond acceptors (Lipinski definition) is 0. The van der Waals surface area contributed by atoms with Crippen LogP contribution in [0.3, 0.4) is 0 Å². The molecule has 0 amide bonds. The summed E-state index contributed by atoms with van der Waals surface area (Å²) in [6.07, 6.45) is 5.12. The largest absolute Gasteiger partial charge is 1.00 e. The van der Waals surface area contributed by atoms with E-state index in [0.717, 1.165) is 3.63 Å². The van der Waals surface area contributed by atoms with Gasteiger partial charge in [0.25, 0.3) is 0 Å². The second-order valence-corrected chi connectivity index (χ2v) is 17.4. The minimum atomic E-state index is 0. The van der Waals surface area contributed by atoms with E-state index in [1.807, 2.05) is 0 Å². The molecule has 0 nitrogen and oxygen atoms in total. The Bertz CT molecular complexity index is 1300. The van der Waals surface area contributed by atoms with Crippen molar-refractivity contribution in [3.8, 4) is 11.1 Å². The molecule has 0 bridgehead atoms. The van der Waals surface area contributed by atoms with Gasteiger partial charge in [-0.05, 0) is 0 Å². The van der Waals surface area contributed by atoms with E-state index in [9.17, 15) is 0 Å². The summed E-state index contributed by atoms with van der Waals surface area (Å²) in [4.78, 5) is 0. The summed E-state index contributed by atoms with van der Waals surface area (Å²) >= 11 is 1.68. The van der Waals surface area contributed by atoms with E-state index in [0.29, 0.717) is 5.92 Å². The Morgan fingerprint density at radius 2 is 1.15 bits per heavy atom. The Labute approximate surface area is 266 Å². The Balaban J connectivity index is 0.00000210. The number of allylic oxidation sites excluding steroid dienone is 4. The summed E-state index contributed by atoms with van der Waals surface area (Å²) in [5.41, 5.74) is 17.7. The molecule has 2 aromatic carbocycles. The maximum Gasteiger partial charge on any atom is -1.00 e. The molecule has 3 aliphatic carbocycles. The van der Waals surface area contributed by atoms with Gasteiger partial charge >= 0.3 is 243 Å². The number of benzene rings is 2. The number of fused-ring (bicyclic) bond motifs is 3. The van der Waals surface area contributed by atoms with Crippen LogP contribution in [0.15, 0.2) is 47.1 Å². The second kappa shape index (κ2) is 10.3. The Kier molecular flexibility index (Phi) is 8.67. The first-order valence-electron chi connectivity index (χ1n) is 14.3. The normalized spacial score (nSPS) is 22.7. The molecule has 3 heteroatoms. The molecule has 0 radical (unpaired) electrons. The first-order chi connectivity index (χ1) is 16.8. The van der Waals surface area contributed by atoms with E-state index >= 15 is 0 Å². The Morgan fingerprint density at radius 1 is 0.718 bits per heavy atom. The molecule has 0 fully saturated rings. The van der Waals surface area contributed by atoms with E-state index in [1.54, 1.807) is 52.6 Å². The van der Waals surface area contributed by atoms with Crippen LogP contribution >= 0.6 is 0 Å². The number of rotatable bonds is 1. The molecule has 3 aliphatic rings. The number of halogens is 2. The summed E-state index contributed by atoms with van der Waals surface area (Å²) in [5.74, 6) is 0.420. The van der Waals surface area contributed by atoms with Crippen LogP contribution in [-0.2, 0) is 35.5 Å². The van der Waals surface area contributed by atoms with Crippen molar-refractivity contribution in [2.24, 2.45) is 10.8 Å². The average molecular weight is 642 g/mol. The molecule has 0 saturated heterocycles. The van der Waals surface area contributed by atoms with Gasteiger partial charge in [-0.15, -0.1) is 0 Å². The fraction of sp³-hybridized carbons (Fsp3) is 0.556. The molecule has 0 aromatic heterocycles. The van der Waals surface area contributed by atoms with Gasteiger partial charge in [0.05, 0.1) is 0 Å². The molecule has 0 N–H and O–H groups in total. The molecule has 2 atom stereocenters. The molecule has 0 heterocycles. The Hall–Kier alpha value is -0.617. The number of aryl methyl sites for hydroxylation is 2. The maximum atomic E-state index is 2.64. The fourth-order valence-corrected chi connectivity index (χ4v) is 9.42. The third kappa shape index (κ3) is 5.25. The van der Waals surface area contributed by atoms with E-state index in [-0.39, 0.29) is 46.5 Å². The van der Waals surface area contributed by atoms with Gasteiger partial charge in [-0.25, -0.2) is 0 Å². The molecule has 0 aliphatic heterocycles. The van der Waals surface area contributed by atoms with Gasteiger partial charge in [-0.3, -0.25) is 0 Å². The zero-order valence-corrected chi connectivity index (χ0v) is 30.2. The van der Waals surface area contributed by atoms with Crippen molar-refractivity contribution in [1.82, 2.24) is 0 Å².